The minimum atomic E-state index is 0. The van der Waals surface area contributed by atoms with Gasteiger partial charge in [-0.15, -0.1) is 4.57 Å². The standard InChI is InChI=1S/C25H20N4.ClH/c1-17-14-23-25(16-21(17)26)29(20-10-6-3-7-11-20)24-15-19(12-13-22(24)28-23)27-18-8-4-2-5-9-18;/h2-16H,1H3,(H2,26,27);1H. The molecule has 3 N–H and O–H groups in total. The lowest BCUT2D eigenvalue weighted by Gasteiger charge is -2.10. The van der Waals surface area contributed by atoms with Crippen LogP contribution >= 0.6 is 0 Å². The van der Waals surface area contributed by atoms with E-state index >= 15 is 0 Å². The highest BCUT2D eigenvalue weighted by Crippen LogP contribution is 2.25. The maximum atomic E-state index is 6.26. The molecule has 0 aliphatic rings. The molecule has 4 nitrogen and oxygen atoms in total. The molecule has 5 rings (SSSR count). The molecule has 0 amide bonds. The average Bonchev–Trinajstić information content (AvgIpc) is 2.75. The van der Waals surface area contributed by atoms with Gasteiger partial charge in [0.25, 0.3) is 0 Å². The molecule has 0 bridgehead atoms. The monoisotopic (exact) mass is 412 g/mol. The molecular formula is C25H21ClN4. The molecule has 30 heavy (non-hydrogen) atoms. The number of benzene rings is 4. The summed E-state index contributed by atoms with van der Waals surface area (Å²) in [6.45, 7) is 2.01. The molecule has 5 aromatic rings. The Kier molecular flexibility index (Phi) is 5.25. The van der Waals surface area contributed by atoms with Crippen molar-refractivity contribution in [3.05, 3.63) is 96.6 Å². The minimum Gasteiger partial charge on any atom is -1.00 e. The number of nitrogen functional groups attached to an aromatic ring is 1. The third-order valence-electron chi connectivity index (χ3n) is 5.14. The molecule has 0 spiro atoms. The molecule has 0 saturated carbocycles. The first kappa shape index (κ1) is 19.7. The fraction of sp³-hybridized carbons (Fsp3) is 0.0400. The van der Waals surface area contributed by atoms with Gasteiger partial charge in [0.15, 0.2) is 0 Å². The zero-order valence-corrected chi connectivity index (χ0v) is 17.3. The number of hydrogen-bond donors (Lipinski definition) is 2. The molecule has 0 aliphatic heterocycles. The number of aryl methyl sites for hydroxylation is 1. The van der Waals surface area contributed by atoms with Crippen molar-refractivity contribution in [2.45, 2.75) is 6.92 Å². The summed E-state index contributed by atoms with van der Waals surface area (Å²) in [5.74, 6) is 0. The molecule has 4 aromatic carbocycles. The number of fused-ring (bicyclic) bond motifs is 2. The highest BCUT2D eigenvalue weighted by Gasteiger charge is 2.20. The molecular weight excluding hydrogens is 392 g/mol. The van der Waals surface area contributed by atoms with Crippen LogP contribution in [0, 0.1) is 6.92 Å². The maximum Gasteiger partial charge on any atom is 0.239 e. The van der Waals surface area contributed by atoms with Crippen molar-refractivity contribution >= 4 is 39.1 Å². The van der Waals surface area contributed by atoms with Gasteiger partial charge in [0.2, 0.25) is 16.7 Å². The SMILES string of the molecule is Cc1cc2nc3ccc(Nc4ccccc4)cc3[n+](-c3ccccc3)c2cc1N.[Cl-]. The molecule has 0 atom stereocenters. The van der Waals surface area contributed by atoms with Gasteiger partial charge in [-0.1, -0.05) is 36.4 Å². The van der Waals surface area contributed by atoms with Crippen LogP contribution in [0.1, 0.15) is 5.56 Å². The van der Waals surface area contributed by atoms with Crippen LogP contribution in [0.2, 0.25) is 0 Å². The van der Waals surface area contributed by atoms with Crippen LogP contribution in [0.15, 0.2) is 91.0 Å². The largest absolute Gasteiger partial charge is 1.00 e. The summed E-state index contributed by atoms with van der Waals surface area (Å²) in [6.07, 6.45) is 0. The number of anilines is 3. The van der Waals surface area contributed by atoms with Gasteiger partial charge in [-0.25, -0.2) is 4.98 Å². The predicted octanol–water partition coefficient (Wildman–Crippen LogP) is 2.30. The Balaban J connectivity index is 0.00000218. The second kappa shape index (κ2) is 8.01. The van der Waals surface area contributed by atoms with Gasteiger partial charge in [0, 0.05) is 41.3 Å². The van der Waals surface area contributed by atoms with Crippen LogP contribution in [0.3, 0.4) is 0 Å². The highest BCUT2D eigenvalue weighted by atomic mass is 35.5. The normalized spacial score (nSPS) is 10.7. The van der Waals surface area contributed by atoms with Gasteiger partial charge in [-0.05, 0) is 42.8 Å². The number of aromatic nitrogens is 2. The Morgan fingerprint density at radius 3 is 2.13 bits per heavy atom. The van der Waals surface area contributed by atoms with Crippen LogP contribution in [-0.4, -0.2) is 4.98 Å². The third kappa shape index (κ3) is 3.53. The Hall–Kier alpha value is -3.63. The third-order valence-corrected chi connectivity index (χ3v) is 5.14. The average molecular weight is 413 g/mol. The zero-order valence-electron chi connectivity index (χ0n) is 16.5. The fourth-order valence-electron chi connectivity index (χ4n) is 3.64. The summed E-state index contributed by atoms with van der Waals surface area (Å²) in [7, 11) is 0. The van der Waals surface area contributed by atoms with Crippen molar-refractivity contribution in [2.75, 3.05) is 11.1 Å². The number of nitrogens with zero attached hydrogens (tertiary/aromatic N) is 2. The van der Waals surface area contributed by atoms with Crippen molar-refractivity contribution in [1.29, 1.82) is 0 Å². The molecule has 0 saturated heterocycles. The predicted molar refractivity (Wildman–Crippen MR) is 120 cm³/mol. The first-order chi connectivity index (χ1) is 14.2. The summed E-state index contributed by atoms with van der Waals surface area (Å²) in [5, 5.41) is 3.48. The molecule has 5 heteroatoms. The molecule has 0 radical (unpaired) electrons. The lowest BCUT2D eigenvalue weighted by molar-refractivity contribution is -0.538. The summed E-state index contributed by atoms with van der Waals surface area (Å²) >= 11 is 0. The second-order valence-electron chi connectivity index (χ2n) is 7.17. The van der Waals surface area contributed by atoms with Crippen molar-refractivity contribution < 1.29 is 17.0 Å². The van der Waals surface area contributed by atoms with Crippen molar-refractivity contribution in [3.63, 3.8) is 0 Å². The second-order valence-corrected chi connectivity index (χ2v) is 7.17. The fourth-order valence-corrected chi connectivity index (χ4v) is 3.64. The first-order valence-corrected chi connectivity index (χ1v) is 9.62. The van der Waals surface area contributed by atoms with E-state index in [0.29, 0.717) is 0 Å². The topological polar surface area (TPSA) is 54.8 Å². The summed E-state index contributed by atoms with van der Waals surface area (Å²) in [6, 6.07) is 30.8. The van der Waals surface area contributed by atoms with Crippen molar-refractivity contribution in [3.8, 4) is 5.69 Å². The molecule has 0 aliphatic carbocycles. The van der Waals surface area contributed by atoms with E-state index in [0.717, 1.165) is 50.4 Å². The van der Waals surface area contributed by atoms with E-state index < -0.39 is 0 Å². The van der Waals surface area contributed by atoms with E-state index in [1.54, 1.807) is 0 Å². The van der Waals surface area contributed by atoms with E-state index in [9.17, 15) is 0 Å². The van der Waals surface area contributed by atoms with Crippen molar-refractivity contribution in [2.24, 2.45) is 0 Å². The van der Waals surface area contributed by atoms with Crippen LogP contribution < -0.4 is 28.0 Å². The van der Waals surface area contributed by atoms with Crippen LogP contribution in [0.4, 0.5) is 17.1 Å². The van der Waals surface area contributed by atoms with Gasteiger partial charge in [-0.3, -0.25) is 0 Å². The smallest absolute Gasteiger partial charge is 0.239 e. The van der Waals surface area contributed by atoms with E-state index in [1.165, 1.54) is 0 Å². The Bertz CT molecular complexity index is 1340. The number of nitrogens with two attached hydrogens (primary N) is 1. The van der Waals surface area contributed by atoms with E-state index in [-0.39, 0.29) is 12.4 Å². The quantitative estimate of drug-likeness (QED) is 0.271. The van der Waals surface area contributed by atoms with Gasteiger partial charge < -0.3 is 23.5 Å². The van der Waals surface area contributed by atoms with E-state index in [4.69, 9.17) is 10.7 Å². The van der Waals surface area contributed by atoms with Gasteiger partial charge >= 0.3 is 0 Å². The molecule has 148 valence electrons. The number of rotatable bonds is 3. The van der Waals surface area contributed by atoms with Gasteiger partial charge in [0.1, 0.15) is 11.0 Å². The van der Waals surface area contributed by atoms with Gasteiger partial charge in [-0.2, -0.15) is 0 Å². The van der Waals surface area contributed by atoms with Crippen LogP contribution in [0.25, 0.3) is 27.8 Å². The summed E-state index contributed by atoms with van der Waals surface area (Å²) in [4.78, 5) is 4.91. The Morgan fingerprint density at radius 2 is 1.40 bits per heavy atom. The lowest BCUT2D eigenvalue weighted by Crippen LogP contribution is -3.00. The molecule has 1 heterocycles. The van der Waals surface area contributed by atoms with Gasteiger partial charge in [0.05, 0.1) is 0 Å². The number of hydrogen-bond acceptors (Lipinski definition) is 3. The highest BCUT2D eigenvalue weighted by molar-refractivity contribution is 5.87. The molecule has 1 aromatic heterocycles. The maximum absolute atomic E-state index is 6.26. The van der Waals surface area contributed by atoms with Crippen molar-refractivity contribution in [1.82, 2.24) is 4.98 Å². The van der Waals surface area contributed by atoms with Crippen LogP contribution in [-0.2, 0) is 0 Å². The van der Waals surface area contributed by atoms with E-state index in [2.05, 4.69) is 58.4 Å². The minimum absolute atomic E-state index is 0. The Morgan fingerprint density at radius 1 is 0.733 bits per heavy atom. The number of para-hydroxylation sites is 2. The Labute approximate surface area is 181 Å². The summed E-state index contributed by atoms with van der Waals surface area (Å²) in [5.41, 5.74) is 15.1. The summed E-state index contributed by atoms with van der Waals surface area (Å²) < 4.78 is 2.23. The van der Waals surface area contributed by atoms with E-state index in [1.807, 2.05) is 49.4 Å². The zero-order chi connectivity index (χ0) is 19.8. The molecule has 0 fully saturated rings. The molecule has 0 unspecified atom stereocenters. The number of halogens is 1. The lowest BCUT2D eigenvalue weighted by atomic mass is 10.1. The van der Waals surface area contributed by atoms with Crippen LogP contribution in [0.5, 0.6) is 0 Å². The first-order valence-electron chi connectivity index (χ1n) is 9.62. The number of nitrogens with one attached hydrogen (secondary N) is 1.